The molecule has 6 heteroatoms. The van der Waals surface area contributed by atoms with Crippen LogP contribution in [0, 0.1) is 0 Å². The molecule has 0 spiro atoms. The first-order valence-electron chi connectivity index (χ1n) is 4.28. The molecule has 0 heterocycles. The molecule has 0 aromatic heterocycles. The molecule has 0 aliphatic rings. The molecule has 4 nitrogen and oxygen atoms in total. The molecule has 86 valence electrons. The van der Waals surface area contributed by atoms with Gasteiger partial charge in [-0.3, -0.25) is 4.79 Å². The Bertz CT molecular complexity index is 417. The van der Waals surface area contributed by atoms with Gasteiger partial charge in [0, 0.05) is 11.9 Å². The van der Waals surface area contributed by atoms with Gasteiger partial charge in [-0.25, -0.2) is 4.79 Å². The van der Waals surface area contributed by atoms with E-state index in [0.717, 1.165) is 6.92 Å². The molecule has 0 amide bonds. The zero-order valence-corrected chi connectivity index (χ0v) is 9.84. The molecule has 0 aliphatic heterocycles. The summed E-state index contributed by atoms with van der Waals surface area (Å²) < 4.78 is 9.30. The molecule has 0 radical (unpaired) electrons. The average Bonchev–Trinajstić information content (AvgIpc) is 2.15. The fourth-order valence-electron chi connectivity index (χ4n) is 0.919. The summed E-state index contributed by atoms with van der Waals surface area (Å²) in [6, 6.07) is 4.57. The van der Waals surface area contributed by atoms with Gasteiger partial charge in [0.05, 0.1) is 5.02 Å². The van der Waals surface area contributed by atoms with Gasteiger partial charge in [0.1, 0.15) is 5.75 Å². The van der Waals surface area contributed by atoms with E-state index in [9.17, 15) is 9.59 Å². The van der Waals surface area contributed by atoms with Crippen molar-refractivity contribution >= 4 is 35.1 Å². The molecule has 0 saturated heterocycles. The second-order valence-electron chi connectivity index (χ2n) is 2.83. The molecule has 0 aliphatic carbocycles. The molecule has 0 unspecified atom stereocenters. The maximum atomic E-state index is 11.0. The van der Waals surface area contributed by atoms with Crippen LogP contribution in [0.15, 0.2) is 18.2 Å². The third kappa shape index (κ3) is 4.08. The van der Waals surface area contributed by atoms with Crippen LogP contribution in [-0.2, 0) is 14.3 Å². The first-order valence-corrected chi connectivity index (χ1v) is 5.03. The fourth-order valence-corrected chi connectivity index (χ4v) is 1.38. The lowest BCUT2D eigenvalue weighted by atomic mass is 10.3. The highest BCUT2D eigenvalue weighted by molar-refractivity contribution is 6.35. The Kier molecular flexibility index (Phi) is 4.58. The van der Waals surface area contributed by atoms with Crippen molar-refractivity contribution in [3.05, 3.63) is 28.2 Å². The van der Waals surface area contributed by atoms with Gasteiger partial charge in [-0.1, -0.05) is 23.2 Å². The summed E-state index contributed by atoms with van der Waals surface area (Å²) in [6.45, 7) is 0.744. The van der Waals surface area contributed by atoms with E-state index in [1.54, 1.807) is 6.07 Å². The van der Waals surface area contributed by atoms with Crippen molar-refractivity contribution < 1.29 is 19.1 Å². The highest BCUT2D eigenvalue weighted by atomic mass is 35.5. The summed E-state index contributed by atoms with van der Waals surface area (Å²) in [5.41, 5.74) is 0. The highest BCUT2D eigenvalue weighted by Crippen LogP contribution is 2.27. The van der Waals surface area contributed by atoms with Gasteiger partial charge in [-0.15, -0.1) is 0 Å². The average molecular weight is 263 g/mol. The van der Waals surface area contributed by atoms with Crippen LogP contribution in [0.25, 0.3) is 0 Å². The Morgan fingerprint density at radius 2 is 2.00 bits per heavy atom. The normalized spacial score (nSPS) is 9.69. The van der Waals surface area contributed by atoms with E-state index >= 15 is 0 Å². The van der Waals surface area contributed by atoms with E-state index in [-0.39, 0.29) is 11.6 Å². The lowest BCUT2D eigenvalue weighted by Crippen LogP contribution is -2.17. The number of halogens is 2. The van der Waals surface area contributed by atoms with E-state index in [1.807, 2.05) is 0 Å². The molecule has 0 bridgehead atoms. The van der Waals surface area contributed by atoms with Gasteiger partial charge < -0.3 is 9.47 Å². The van der Waals surface area contributed by atoms with Crippen molar-refractivity contribution in [3.8, 4) is 5.75 Å². The Morgan fingerprint density at radius 1 is 1.31 bits per heavy atom. The number of carbonyl (C=O) groups excluding carboxylic acids is 2. The van der Waals surface area contributed by atoms with E-state index in [0.29, 0.717) is 10.8 Å². The molecular formula is C10H8Cl2O4. The van der Waals surface area contributed by atoms with E-state index in [2.05, 4.69) is 4.74 Å². The second-order valence-corrected chi connectivity index (χ2v) is 3.67. The van der Waals surface area contributed by atoms with Crippen molar-refractivity contribution in [1.82, 2.24) is 0 Å². The van der Waals surface area contributed by atoms with E-state index in [4.69, 9.17) is 27.9 Å². The molecule has 0 fully saturated rings. The summed E-state index contributed by atoms with van der Waals surface area (Å²) in [5, 5.41) is 0.742. The fraction of sp³-hybridized carbons (Fsp3) is 0.200. The van der Waals surface area contributed by atoms with Crippen LogP contribution in [-0.4, -0.2) is 18.5 Å². The second kappa shape index (κ2) is 5.72. The van der Waals surface area contributed by atoms with Crippen molar-refractivity contribution in [2.24, 2.45) is 0 Å². The predicted molar refractivity (Wildman–Crippen MR) is 58.7 cm³/mol. The third-order valence-electron chi connectivity index (χ3n) is 1.50. The van der Waals surface area contributed by atoms with Gasteiger partial charge in [-0.2, -0.15) is 0 Å². The third-order valence-corrected chi connectivity index (χ3v) is 2.03. The number of ether oxygens (including phenoxy) is 2. The Balaban J connectivity index is 2.54. The van der Waals surface area contributed by atoms with E-state index in [1.165, 1.54) is 12.1 Å². The summed E-state index contributed by atoms with van der Waals surface area (Å²) in [6.07, 6.45) is 0. The maximum Gasteiger partial charge on any atom is 0.351 e. The Morgan fingerprint density at radius 3 is 2.56 bits per heavy atom. The largest absolute Gasteiger partial charge is 0.480 e. The van der Waals surface area contributed by atoms with Gasteiger partial charge in [-0.05, 0) is 18.2 Å². The van der Waals surface area contributed by atoms with Gasteiger partial charge >= 0.3 is 11.9 Å². The molecule has 0 atom stereocenters. The highest BCUT2D eigenvalue weighted by Gasteiger charge is 2.09. The summed E-state index contributed by atoms with van der Waals surface area (Å²) in [7, 11) is 0. The summed E-state index contributed by atoms with van der Waals surface area (Å²) in [4.78, 5) is 21.4. The summed E-state index contributed by atoms with van der Waals surface area (Å²) in [5.74, 6) is -1.17. The van der Waals surface area contributed by atoms with Crippen molar-refractivity contribution in [3.63, 3.8) is 0 Å². The number of rotatable bonds is 3. The number of hydrogen-bond acceptors (Lipinski definition) is 4. The zero-order chi connectivity index (χ0) is 12.1. The van der Waals surface area contributed by atoms with Gasteiger partial charge in [0.25, 0.3) is 0 Å². The maximum absolute atomic E-state index is 11.0. The number of benzene rings is 1. The monoisotopic (exact) mass is 262 g/mol. The van der Waals surface area contributed by atoms with Gasteiger partial charge in [0.2, 0.25) is 0 Å². The van der Waals surface area contributed by atoms with E-state index < -0.39 is 11.9 Å². The smallest absolute Gasteiger partial charge is 0.351 e. The number of hydrogen-bond donors (Lipinski definition) is 0. The van der Waals surface area contributed by atoms with Crippen molar-refractivity contribution in [2.45, 2.75) is 6.92 Å². The molecule has 0 saturated carbocycles. The van der Waals surface area contributed by atoms with Crippen LogP contribution < -0.4 is 4.74 Å². The van der Waals surface area contributed by atoms with Crippen LogP contribution in [0.5, 0.6) is 5.75 Å². The lowest BCUT2D eigenvalue weighted by molar-refractivity contribution is -0.159. The molecule has 0 N–H and O–H groups in total. The van der Waals surface area contributed by atoms with Crippen LogP contribution in [0.1, 0.15) is 6.92 Å². The lowest BCUT2D eigenvalue weighted by Gasteiger charge is -2.06. The Hall–Kier alpha value is -1.26. The minimum atomic E-state index is -0.779. The van der Waals surface area contributed by atoms with Crippen LogP contribution in [0.3, 0.4) is 0 Å². The topological polar surface area (TPSA) is 52.6 Å². The quantitative estimate of drug-likeness (QED) is 0.620. The van der Waals surface area contributed by atoms with Gasteiger partial charge in [0.15, 0.2) is 6.61 Å². The zero-order valence-electron chi connectivity index (χ0n) is 8.33. The summed E-state index contributed by atoms with van der Waals surface area (Å²) >= 11 is 11.5. The minimum absolute atomic E-state index is 0.281. The predicted octanol–water partition coefficient (Wildman–Crippen LogP) is 2.46. The molecule has 1 aromatic rings. The Labute approximate surface area is 102 Å². The van der Waals surface area contributed by atoms with Crippen molar-refractivity contribution in [2.75, 3.05) is 6.61 Å². The minimum Gasteiger partial charge on any atom is -0.480 e. The molecule has 1 rings (SSSR count). The molecular weight excluding hydrogens is 255 g/mol. The van der Waals surface area contributed by atoms with Crippen LogP contribution in [0.4, 0.5) is 0 Å². The first kappa shape index (κ1) is 12.8. The van der Waals surface area contributed by atoms with Crippen LogP contribution in [0.2, 0.25) is 10.0 Å². The SMILES string of the molecule is CC(=O)OC(=O)COc1ccc(Cl)cc1Cl. The molecule has 1 aromatic carbocycles. The number of carbonyl (C=O) groups is 2. The van der Waals surface area contributed by atoms with Crippen LogP contribution >= 0.6 is 23.2 Å². The van der Waals surface area contributed by atoms with Crippen molar-refractivity contribution in [1.29, 1.82) is 0 Å². The first-order chi connectivity index (χ1) is 7.49. The molecule has 16 heavy (non-hydrogen) atoms. The standard InChI is InChI=1S/C10H8Cl2O4/c1-6(13)16-10(14)5-15-9-3-2-7(11)4-8(9)12/h2-4H,5H2,1H3. The number of esters is 2.